The van der Waals surface area contributed by atoms with Crippen molar-refractivity contribution in [3.05, 3.63) is 77.0 Å². The highest BCUT2D eigenvalue weighted by molar-refractivity contribution is 5.79. The normalized spacial score (nSPS) is 10.4. The predicted molar refractivity (Wildman–Crippen MR) is 83.4 cm³/mol. The molecule has 0 unspecified atom stereocenters. The number of rotatable bonds is 3. The summed E-state index contributed by atoms with van der Waals surface area (Å²) in [6.07, 6.45) is 1.61. The van der Waals surface area contributed by atoms with Gasteiger partial charge in [-0.15, -0.1) is 0 Å². The molecule has 0 aliphatic rings. The van der Waals surface area contributed by atoms with Crippen LogP contribution in [-0.2, 0) is 0 Å². The van der Waals surface area contributed by atoms with E-state index in [9.17, 15) is 15.2 Å². The summed E-state index contributed by atoms with van der Waals surface area (Å²) in [7, 11) is 0. The highest BCUT2D eigenvalue weighted by Crippen LogP contribution is 2.36. The lowest BCUT2D eigenvalue weighted by atomic mass is 10.0. The zero-order valence-electron chi connectivity index (χ0n) is 11.5. The average Bonchev–Trinajstić information content (AvgIpc) is 2.56. The maximum atomic E-state index is 10.7. The van der Waals surface area contributed by atoms with Crippen molar-refractivity contribution in [3.8, 4) is 28.1 Å². The van der Waals surface area contributed by atoms with Crippen molar-refractivity contribution in [3.63, 3.8) is 0 Å². The molecule has 0 aliphatic heterocycles. The van der Waals surface area contributed by atoms with E-state index in [4.69, 9.17) is 0 Å². The van der Waals surface area contributed by atoms with Crippen LogP contribution in [0, 0.1) is 10.1 Å². The molecule has 0 atom stereocenters. The van der Waals surface area contributed by atoms with Gasteiger partial charge in [0, 0.05) is 29.5 Å². The van der Waals surface area contributed by atoms with Gasteiger partial charge in [-0.3, -0.25) is 15.1 Å². The van der Waals surface area contributed by atoms with Crippen LogP contribution in [0.1, 0.15) is 0 Å². The maximum Gasteiger partial charge on any atom is 0.269 e. The van der Waals surface area contributed by atoms with E-state index >= 15 is 0 Å². The molecular formula is C17H12N2O3. The van der Waals surface area contributed by atoms with Crippen LogP contribution in [0.25, 0.3) is 22.4 Å². The monoisotopic (exact) mass is 292 g/mol. The smallest absolute Gasteiger partial charge is 0.269 e. The van der Waals surface area contributed by atoms with Gasteiger partial charge in [0.05, 0.1) is 4.92 Å². The molecule has 0 bridgehead atoms. The van der Waals surface area contributed by atoms with Crippen LogP contribution in [0.3, 0.4) is 0 Å². The summed E-state index contributed by atoms with van der Waals surface area (Å²) in [4.78, 5) is 14.4. The van der Waals surface area contributed by atoms with Gasteiger partial charge in [0.2, 0.25) is 0 Å². The molecule has 5 nitrogen and oxygen atoms in total. The summed E-state index contributed by atoms with van der Waals surface area (Å²) in [5.74, 6) is 0.0579. The zero-order valence-corrected chi connectivity index (χ0v) is 11.5. The molecule has 3 rings (SSSR count). The number of pyridine rings is 1. The lowest BCUT2D eigenvalue weighted by Crippen LogP contribution is -1.90. The Kier molecular flexibility index (Phi) is 3.53. The number of hydrogen-bond donors (Lipinski definition) is 1. The van der Waals surface area contributed by atoms with E-state index in [1.807, 2.05) is 30.3 Å². The fourth-order valence-corrected chi connectivity index (χ4v) is 2.26. The maximum absolute atomic E-state index is 10.7. The number of aromatic nitrogens is 1. The lowest BCUT2D eigenvalue weighted by Gasteiger charge is -2.09. The van der Waals surface area contributed by atoms with Crippen LogP contribution >= 0.6 is 0 Å². The molecule has 1 heterocycles. The van der Waals surface area contributed by atoms with Gasteiger partial charge >= 0.3 is 0 Å². The minimum absolute atomic E-state index is 0.00227. The molecule has 0 saturated heterocycles. The molecule has 1 aromatic heterocycles. The third-order valence-corrected chi connectivity index (χ3v) is 3.36. The SMILES string of the molecule is O=[N+]([O-])c1ccc(-c2nccc(-c3ccccc3)c2O)cc1. The first-order chi connectivity index (χ1) is 10.7. The molecule has 0 aliphatic carbocycles. The molecular weight excluding hydrogens is 280 g/mol. The van der Waals surface area contributed by atoms with Crippen molar-refractivity contribution in [1.29, 1.82) is 0 Å². The van der Waals surface area contributed by atoms with Gasteiger partial charge in [-0.2, -0.15) is 0 Å². The molecule has 22 heavy (non-hydrogen) atoms. The molecule has 3 aromatic rings. The second-order valence-electron chi connectivity index (χ2n) is 4.73. The Morgan fingerprint density at radius 1 is 0.909 bits per heavy atom. The highest BCUT2D eigenvalue weighted by atomic mass is 16.6. The third kappa shape index (κ3) is 2.52. The lowest BCUT2D eigenvalue weighted by molar-refractivity contribution is -0.384. The molecule has 2 aromatic carbocycles. The number of nitro groups is 1. The molecule has 1 N–H and O–H groups in total. The van der Waals surface area contributed by atoms with Gasteiger partial charge in [0.1, 0.15) is 11.4 Å². The Bertz CT molecular complexity index is 815. The number of non-ortho nitro benzene ring substituents is 1. The van der Waals surface area contributed by atoms with Crippen LogP contribution in [0.4, 0.5) is 5.69 Å². The minimum Gasteiger partial charge on any atom is -0.505 e. The zero-order chi connectivity index (χ0) is 15.5. The topological polar surface area (TPSA) is 76.3 Å². The van der Waals surface area contributed by atoms with Crippen molar-refractivity contribution in [2.45, 2.75) is 0 Å². The quantitative estimate of drug-likeness (QED) is 0.584. The second-order valence-corrected chi connectivity index (χ2v) is 4.73. The summed E-state index contributed by atoms with van der Waals surface area (Å²) in [6, 6.07) is 17.2. The van der Waals surface area contributed by atoms with Crippen molar-refractivity contribution in [2.24, 2.45) is 0 Å². The predicted octanol–water partition coefficient (Wildman–Crippen LogP) is 4.03. The Morgan fingerprint density at radius 2 is 1.59 bits per heavy atom. The molecule has 0 amide bonds. The number of benzene rings is 2. The van der Waals surface area contributed by atoms with E-state index in [1.54, 1.807) is 24.4 Å². The Morgan fingerprint density at radius 3 is 2.23 bits per heavy atom. The van der Waals surface area contributed by atoms with Crippen LogP contribution in [0.5, 0.6) is 5.75 Å². The van der Waals surface area contributed by atoms with Gasteiger partial charge in [0.25, 0.3) is 5.69 Å². The fourth-order valence-electron chi connectivity index (χ4n) is 2.26. The van der Waals surface area contributed by atoms with Crippen molar-refractivity contribution >= 4 is 5.69 Å². The second kappa shape index (κ2) is 5.65. The standard InChI is InChI=1S/C17H12N2O3/c20-17-15(12-4-2-1-3-5-12)10-11-18-16(17)13-6-8-14(9-7-13)19(21)22/h1-11,20H. The van der Waals surface area contributed by atoms with Crippen molar-refractivity contribution < 1.29 is 10.0 Å². The first kappa shape index (κ1) is 13.8. The van der Waals surface area contributed by atoms with Crippen molar-refractivity contribution in [1.82, 2.24) is 4.98 Å². The van der Waals surface area contributed by atoms with Gasteiger partial charge in [-0.25, -0.2) is 0 Å². The number of nitro benzene ring substituents is 1. The molecule has 0 radical (unpaired) electrons. The summed E-state index contributed by atoms with van der Waals surface area (Å²) in [5, 5.41) is 21.2. The summed E-state index contributed by atoms with van der Waals surface area (Å²) >= 11 is 0. The summed E-state index contributed by atoms with van der Waals surface area (Å²) in [5.41, 5.74) is 2.58. The first-order valence-corrected chi connectivity index (χ1v) is 6.65. The largest absolute Gasteiger partial charge is 0.505 e. The Balaban J connectivity index is 2.07. The number of nitrogens with zero attached hydrogens (tertiary/aromatic N) is 2. The van der Waals surface area contributed by atoms with Crippen LogP contribution in [0.15, 0.2) is 66.9 Å². The molecule has 108 valence electrons. The average molecular weight is 292 g/mol. The van der Waals surface area contributed by atoms with E-state index in [1.165, 1.54) is 12.1 Å². The number of aromatic hydroxyl groups is 1. The Labute approximate surface area is 126 Å². The van der Waals surface area contributed by atoms with Gasteiger partial charge in [0.15, 0.2) is 0 Å². The van der Waals surface area contributed by atoms with Gasteiger partial charge < -0.3 is 5.11 Å². The van der Waals surface area contributed by atoms with E-state index < -0.39 is 4.92 Å². The minimum atomic E-state index is -0.461. The van der Waals surface area contributed by atoms with Crippen LogP contribution < -0.4 is 0 Å². The third-order valence-electron chi connectivity index (χ3n) is 3.36. The van der Waals surface area contributed by atoms with Crippen LogP contribution in [0.2, 0.25) is 0 Å². The molecule has 0 fully saturated rings. The van der Waals surface area contributed by atoms with E-state index in [2.05, 4.69) is 4.98 Å². The van der Waals surface area contributed by atoms with Gasteiger partial charge in [-0.1, -0.05) is 30.3 Å². The number of hydrogen-bond acceptors (Lipinski definition) is 4. The Hall–Kier alpha value is -3.21. The first-order valence-electron chi connectivity index (χ1n) is 6.65. The van der Waals surface area contributed by atoms with Gasteiger partial charge in [-0.05, 0) is 23.8 Å². The van der Waals surface area contributed by atoms with Crippen molar-refractivity contribution in [2.75, 3.05) is 0 Å². The highest BCUT2D eigenvalue weighted by Gasteiger charge is 2.13. The van der Waals surface area contributed by atoms with E-state index in [0.717, 1.165) is 5.56 Å². The van der Waals surface area contributed by atoms with E-state index in [-0.39, 0.29) is 11.4 Å². The molecule has 0 saturated carbocycles. The fraction of sp³-hybridized carbons (Fsp3) is 0. The van der Waals surface area contributed by atoms with Crippen LogP contribution in [-0.4, -0.2) is 15.0 Å². The summed E-state index contributed by atoms with van der Waals surface area (Å²) < 4.78 is 0. The summed E-state index contributed by atoms with van der Waals surface area (Å²) in [6.45, 7) is 0. The molecule has 5 heteroatoms. The molecule has 0 spiro atoms. The van der Waals surface area contributed by atoms with E-state index in [0.29, 0.717) is 16.8 Å².